The number of carbonyl (C=O) groups excluding carboxylic acids is 2. The average molecular weight is 417 g/mol. The second-order valence-corrected chi connectivity index (χ2v) is 7.81. The Morgan fingerprint density at radius 3 is 2.58 bits per heavy atom. The summed E-state index contributed by atoms with van der Waals surface area (Å²) in [5.41, 5.74) is 4.65. The molecule has 0 spiro atoms. The van der Waals surface area contributed by atoms with Crippen LogP contribution < -0.4 is 15.5 Å². The molecule has 3 aromatic rings. The van der Waals surface area contributed by atoms with Crippen molar-refractivity contribution in [1.82, 2.24) is 0 Å². The van der Waals surface area contributed by atoms with Crippen LogP contribution in [-0.4, -0.2) is 17.9 Å². The zero-order valence-corrected chi connectivity index (χ0v) is 17.5. The number of carbonyl (C=O) groups is 2. The van der Waals surface area contributed by atoms with Crippen LogP contribution in [0.5, 0.6) is 0 Å². The minimum Gasteiger partial charge on any atom is -0.353 e. The minimum atomic E-state index is -0.764. The highest BCUT2D eigenvalue weighted by Gasteiger charge is 2.34. The summed E-state index contributed by atoms with van der Waals surface area (Å²) in [6.45, 7) is 4.10. The number of benzene rings is 3. The molecule has 0 radical (unpaired) electrons. The van der Waals surface area contributed by atoms with Crippen molar-refractivity contribution in [1.29, 1.82) is 0 Å². The molecule has 1 atom stereocenters. The van der Waals surface area contributed by atoms with Crippen molar-refractivity contribution < 1.29 is 14.0 Å². The Bertz CT molecular complexity index is 1150. The molecule has 158 valence electrons. The normalized spacial score (nSPS) is 15.3. The van der Waals surface area contributed by atoms with Gasteiger partial charge in [0.25, 0.3) is 0 Å². The van der Waals surface area contributed by atoms with Gasteiger partial charge in [0.1, 0.15) is 11.9 Å². The minimum absolute atomic E-state index is 0.0536. The predicted molar refractivity (Wildman–Crippen MR) is 121 cm³/mol. The molecule has 0 unspecified atom stereocenters. The summed E-state index contributed by atoms with van der Waals surface area (Å²) in [4.78, 5) is 27.6. The van der Waals surface area contributed by atoms with E-state index in [0.717, 1.165) is 16.8 Å². The van der Waals surface area contributed by atoms with Gasteiger partial charge in [-0.1, -0.05) is 48.0 Å². The Balaban J connectivity index is 1.61. The molecule has 0 aromatic heterocycles. The Morgan fingerprint density at radius 2 is 1.81 bits per heavy atom. The molecule has 0 saturated carbocycles. The van der Waals surface area contributed by atoms with Gasteiger partial charge in [-0.15, -0.1) is 0 Å². The van der Waals surface area contributed by atoms with E-state index in [4.69, 9.17) is 0 Å². The molecule has 1 aliphatic rings. The van der Waals surface area contributed by atoms with E-state index in [0.29, 0.717) is 16.9 Å². The number of anilines is 3. The standard InChI is InChI=1S/C25H24FN3O2/c1-16-11-12-20(17(2)13-16)27-24(30)14-23-25(31)28-21-9-5-6-10-22(21)29(23)15-18-7-3-4-8-19(18)26/h3-13,23H,14-15H2,1-2H3,(H,27,30)(H,28,31)/t23-/m0/s1. The van der Waals surface area contributed by atoms with Gasteiger partial charge in [0, 0.05) is 17.8 Å². The van der Waals surface area contributed by atoms with Crippen molar-refractivity contribution >= 4 is 28.9 Å². The number of nitrogens with one attached hydrogen (secondary N) is 2. The van der Waals surface area contributed by atoms with Crippen molar-refractivity contribution in [2.24, 2.45) is 0 Å². The molecule has 1 aliphatic heterocycles. The van der Waals surface area contributed by atoms with Gasteiger partial charge >= 0.3 is 0 Å². The zero-order valence-electron chi connectivity index (χ0n) is 17.5. The second kappa shape index (κ2) is 8.60. The summed E-state index contributed by atoms with van der Waals surface area (Å²) in [6.07, 6.45) is -0.0536. The summed E-state index contributed by atoms with van der Waals surface area (Å²) >= 11 is 0. The summed E-state index contributed by atoms with van der Waals surface area (Å²) in [5.74, 6) is -0.903. The second-order valence-electron chi connectivity index (χ2n) is 7.81. The first kappa shape index (κ1) is 20.6. The fourth-order valence-corrected chi connectivity index (χ4v) is 3.89. The fraction of sp³-hybridized carbons (Fsp3) is 0.200. The molecule has 0 saturated heterocycles. The molecule has 0 fully saturated rings. The van der Waals surface area contributed by atoms with E-state index in [9.17, 15) is 14.0 Å². The smallest absolute Gasteiger partial charge is 0.247 e. The number of fused-ring (bicyclic) bond motifs is 1. The van der Waals surface area contributed by atoms with Crippen LogP contribution in [0.4, 0.5) is 21.5 Å². The number of halogens is 1. The van der Waals surface area contributed by atoms with Crippen molar-refractivity contribution in [2.75, 3.05) is 15.5 Å². The largest absolute Gasteiger partial charge is 0.353 e. The van der Waals surface area contributed by atoms with E-state index in [1.165, 1.54) is 6.07 Å². The fourth-order valence-electron chi connectivity index (χ4n) is 3.89. The third kappa shape index (κ3) is 4.43. The number of rotatable bonds is 5. The molecule has 3 aromatic carbocycles. The van der Waals surface area contributed by atoms with Crippen molar-refractivity contribution in [3.8, 4) is 0 Å². The molecule has 2 N–H and O–H groups in total. The van der Waals surface area contributed by atoms with Crippen LogP contribution >= 0.6 is 0 Å². The first-order valence-electron chi connectivity index (χ1n) is 10.2. The first-order chi connectivity index (χ1) is 14.9. The van der Waals surface area contributed by atoms with Gasteiger partial charge in [-0.25, -0.2) is 4.39 Å². The topological polar surface area (TPSA) is 61.4 Å². The monoisotopic (exact) mass is 417 g/mol. The molecule has 0 bridgehead atoms. The van der Waals surface area contributed by atoms with E-state index in [2.05, 4.69) is 10.6 Å². The Labute approximate surface area is 180 Å². The van der Waals surface area contributed by atoms with Gasteiger partial charge in [-0.2, -0.15) is 0 Å². The maximum atomic E-state index is 14.4. The molecule has 5 nitrogen and oxygen atoms in total. The van der Waals surface area contributed by atoms with Crippen LogP contribution in [0, 0.1) is 19.7 Å². The van der Waals surface area contributed by atoms with Gasteiger partial charge in [0.05, 0.1) is 17.8 Å². The number of hydrogen-bond donors (Lipinski definition) is 2. The lowest BCUT2D eigenvalue weighted by atomic mass is 10.0. The Hall–Kier alpha value is -3.67. The SMILES string of the molecule is Cc1ccc(NC(=O)C[C@H]2C(=O)Nc3ccccc3N2Cc2ccccc2F)c(C)c1. The summed E-state index contributed by atoms with van der Waals surface area (Å²) in [7, 11) is 0. The third-order valence-corrected chi connectivity index (χ3v) is 5.48. The Kier molecular flexibility index (Phi) is 5.71. The number of para-hydroxylation sites is 2. The van der Waals surface area contributed by atoms with Crippen molar-refractivity contribution in [3.05, 3.63) is 89.2 Å². The highest BCUT2D eigenvalue weighted by atomic mass is 19.1. The van der Waals surface area contributed by atoms with E-state index in [1.54, 1.807) is 29.2 Å². The Morgan fingerprint density at radius 1 is 1.06 bits per heavy atom. The van der Waals surface area contributed by atoms with Gasteiger partial charge in [-0.3, -0.25) is 9.59 Å². The van der Waals surface area contributed by atoms with Crippen LogP contribution in [0.15, 0.2) is 66.7 Å². The molecular formula is C25H24FN3O2. The number of hydrogen-bond acceptors (Lipinski definition) is 3. The third-order valence-electron chi connectivity index (χ3n) is 5.48. The predicted octanol–water partition coefficient (Wildman–Crippen LogP) is 4.80. The quantitative estimate of drug-likeness (QED) is 0.627. The van der Waals surface area contributed by atoms with Crippen molar-refractivity contribution in [3.63, 3.8) is 0 Å². The zero-order chi connectivity index (χ0) is 22.0. The van der Waals surface area contributed by atoms with Gasteiger partial charge < -0.3 is 15.5 Å². The number of amides is 2. The van der Waals surface area contributed by atoms with Crippen LogP contribution in [-0.2, 0) is 16.1 Å². The molecular weight excluding hydrogens is 393 g/mol. The molecule has 6 heteroatoms. The highest BCUT2D eigenvalue weighted by Crippen LogP contribution is 2.34. The average Bonchev–Trinajstić information content (AvgIpc) is 2.74. The lowest BCUT2D eigenvalue weighted by Gasteiger charge is -2.38. The molecule has 31 heavy (non-hydrogen) atoms. The number of aryl methyl sites for hydroxylation is 2. The highest BCUT2D eigenvalue weighted by molar-refractivity contribution is 6.06. The summed E-state index contributed by atoms with van der Waals surface area (Å²) in [6, 6.07) is 18.8. The van der Waals surface area contributed by atoms with Crippen LogP contribution in [0.25, 0.3) is 0 Å². The molecule has 4 rings (SSSR count). The maximum Gasteiger partial charge on any atom is 0.247 e. The van der Waals surface area contributed by atoms with Crippen LogP contribution in [0.2, 0.25) is 0 Å². The lowest BCUT2D eigenvalue weighted by molar-refractivity contribution is -0.122. The lowest BCUT2D eigenvalue weighted by Crippen LogP contribution is -2.49. The molecule has 2 amide bonds. The van der Waals surface area contributed by atoms with E-state index >= 15 is 0 Å². The van der Waals surface area contributed by atoms with E-state index in [1.807, 2.05) is 50.2 Å². The summed E-state index contributed by atoms with van der Waals surface area (Å²) < 4.78 is 14.4. The summed E-state index contributed by atoms with van der Waals surface area (Å²) in [5, 5.41) is 5.78. The van der Waals surface area contributed by atoms with Gasteiger partial charge in [0.15, 0.2) is 0 Å². The molecule has 0 aliphatic carbocycles. The van der Waals surface area contributed by atoms with Crippen molar-refractivity contribution in [2.45, 2.75) is 32.9 Å². The van der Waals surface area contributed by atoms with E-state index < -0.39 is 6.04 Å². The maximum absolute atomic E-state index is 14.4. The van der Waals surface area contributed by atoms with E-state index in [-0.39, 0.29) is 30.6 Å². The van der Waals surface area contributed by atoms with Crippen LogP contribution in [0.1, 0.15) is 23.1 Å². The first-order valence-corrected chi connectivity index (χ1v) is 10.2. The number of nitrogens with zero attached hydrogens (tertiary/aromatic N) is 1. The van der Waals surface area contributed by atoms with Gasteiger partial charge in [0.2, 0.25) is 11.8 Å². The van der Waals surface area contributed by atoms with Gasteiger partial charge in [-0.05, 0) is 43.7 Å². The van der Waals surface area contributed by atoms with Crippen LogP contribution in [0.3, 0.4) is 0 Å². The molecule has 1 heterocycles.